The van der Waals surface area contributed by atoms with Crippen LogP contribution in [0.5, 0.6) is 0 Å². The molecule has 120 valence electrons. The van der Waals surface area contributed by atoms with Crippen LogP contribution in [0.2, 0.25) is 0 Å². The minimum absolute atomic E-state index is 0.0252. The summed E-state index contributed by atoms with van der Waals surface area (Å²) in [5, 5.41) is 9.01. The van der Waals surface area contributed by atoms with Gasteiger partial charge in [0.1, 0.15) is 0 Å². The zero-order valence-corrected chi connectivity index (χ0v) is 13.4. The van der Waals surface area contributed by atoms with Crippen LogP contribution in [0.3, 0.4) is 0 Å². The lowest BCUT2D eigenvalue weighted by Gasteiger charge is -2.19. The van der Waals surface area contributed by atoms with E-state index in [1.54, 1.807) is 25.9 Å². The molecule has 22 heavy (non-hydrogen) atoms. The standard InChI is InChI=1S/C14H18N2O5S/c1-14(6-7-14)22(20,21)15-12(17)10-5-4-9(13(18)19)8-11(10)16(2)3/h4-5,8H,6-7H2,1-3H3,(H,15,17)(H,18,19). The third kappa shape index (κ3) is 2.92. The topological polar surface area (TPSA) is 104 Å². The maximum atomic E-state index is 12.3. The van der Waals surface area contributed by atoms with E-state index in [1.165, 1.54) is 18.2 Å². The Morgan fingerprint density at radius 1 is 1.27 bits per heavy atom. The van der Waals surface area contributed by atoms with Crippen molar-refractivity contribution in [2.24, 2.45) is 0 Å². The Labute approximate surface area is 129 Å². The SMILES string of the molecule is CN(C)c1cc(C(=O)O)ccc1C(=O)NS(=O)(=O)C1(C)CC1. The summed E-state index contributed by atoms with van der Waals surface area (Å²) in [5.41, 5.74) is 0.480. The molecule has 1 saturated carbocycles. The van der Waals surface area contributed by atoms with E-state index in [-0.39, 0.29) is 11.1 Å². The number of hydrogen-bond acceptors (Lipinski definition) is 5. The van der Waals surface area contributed by atoms with Gasteiger partial charge in [0.05, 0.1) is 15.9 Å². The van der Waals surface area contributed by atoms with Gasteiger partial charge in [-0.15, -0.1) is 0 Å². The molecule has 1 aliphatic rings. The van der Waals surface area contributed by atoms with Crippen LogP contribution in [0.1, 0.15) is 40.5 Å². The molecule has 1 fully saturated rings. The molecular formula is C14H18N2O5S. The summed E-state index contributed by atoms with van der Waals surface area (Å²) >= 11 is 0. The van der Waals surface area contributed by atoms with Crippen LogP contribution >= 0.6 is 0 Å². The predicted octanol–water partition coefficient (Wildman–Crippen LogP) is 1.06. The molecule has 0 bridgehead atoms. The second-order valence-corrected chi connectivity index (χ2v) is 8.01. The molecule has 0 radical (unpaired) electrons. The summed E-state index contributed by atoms with van der Waals surface area (Å²) in [6.45, 7) is 1.59. The van der Waals surface area contributed by atoms with Gasteiger partial charge in [0.25, 0.3) is 5.91 Å². The van der Waals surface area contributed by atoms with Crippen molar-refractivity contribution in [3.05, 3.63) is 29.3 Å². The number of carboxylic acid groups (broad SMARTS) is 1. The minimum atomic E-state index is -3.74. The van der Waals surface area contributed by atoms with E-state index in [0.717, 1.165) is 0 Å². The number of carboxylic acids is 1. The third-order valence-electron chi connectivity index (χ3n) is 3.80. The van der Waals surface area contributed by atoms with Gasteiger partial charge in [-0.3, -0.25) is 4.79 Å². The molecule has 2 rings (SSSR count). The maximum Gasteiger partial charge on any atom is 0.335 e. The Kier molecular flexibility index (Phi) is 3.90. The smallest absolute Gasteiger partial charge is 0.335 e. The summed E-state index contributed by atoms with van der Waals surface area (Å²) in [7, 11) is -0.443. The number of benzene rings is 1. The minimum Gasteiger partial charge on any atom is -0.478 e. The summed E-state index contributed by atoms with van der Waals surface area (Å²) in [6, 6.07) is 3.93. The van der Waals surface area contributed by atoms with Crippen LogP contribution in [-0.4, -0.2) is 44.2 Å². The highest BCUT2D eigenvalue weighted by molar-refractivity contribution is 7.91. The van der Waals surface area contributed by atoms with Gasteiger partial charge in [0, 0.05) is 19.8 Å². The van der Waals surface area contributed by atoms with Gasteiger partial charge in [-0.25, -0.2) is 17.9 Å². The molecule has 0 atom stereocenters. The first-order chi connectivity index (χ1) is 10.1. The van der Waals surface area contributed by atoms with Gasteiger partial charge in [-0.1, -0.05) is 0 Å². The fourth-order valence-corrected chi connectivity index (χ4v) is 3.21. The van der Waals surface area contributed by atoms with Gasteiger partial charge in [0.2, 0.25) is 10.0 Å². The zero-order valence-electron chi connectivity index (χ0n) is 12.6. The highest BCUT2D eigenvalue weighted by Crippen LogP contribution is 2.42. The molecule has 1 amide bonds. The first kappa shape index (κ1) is 16.3. The summed E-state index contributed by atoms with van der Waals surface area (Å²) in [5.74, 6) is -1.87. The van der Waals surface area contributed by atoms with Crippen molar-refractivity contribution >= 4 is 27.6 Å². The molecule has 1 aromatic carbocycles. The molecule has 0 heterocycles. The quantitative estimate of drug-likeness (QED) is 0.838. The van der Waals surface area contributed by atoms with Gasteiger partial charge in [-0.2, -0.15) is 0 Å². The average molecular weight is 326 g/mol. The Morgan fingerprint density at radius 2 is 1.86 bits per heavy atom. The summed E-state index contributed by atoms with van der Waals surface area (Å²) in [4.78, 5) is 24.8. The van der Waals surface area contributed by atoms with E-state index in [1.807, 2.05) is 0 Å². The van der Waals surface area contributed by atoms with E-state index >= 15 is 0 Å². The normalized spacial score (nSPS) is 16.0. The van der Waals surface area contributed by atoms with Crippen LogP contribution in [0.4, 0.5) is 5.69 Å². The zero-order chi connectivity index (χ0) is 16.7. The molecule has 8 heteroatoms. The van der Waals surface area contributed by atoms with Crippen LogP contribution in [0.15, 0.2) is 18.2 Å². The molecule has 0 saturated heterocycles. The van der Waals surface area contributed by atoms with Gasteiger partial charge < -0.3 is 10.0 Å². The fraction of sp³-hybridized carbons (Fsp3) is 0.429. The van der Waals surface area contributed by atoms with Crippen molar-refractivity contribution in [1.29, 1.82) is 0 Å². The molecule has 0 unspecified atom stereocenters. The fourth-order valence-electron chi connectivity index (χ4n) is 1.97. The molecule has 7 nitrogen and oxygen atoms in total. The number of rotatable bonds is 5. The Morgan fingerprint density at radius 3 is 2.32 bits per heavy atom. The maximum absolute atomic E-state index is 12.3. The number of aromatic carboxylic acids is 1. The lowest BCUT2D eigenvalue weighted by molar-refractivity contribution is 0.0696. The number of anilines is 1. The van der Waals surface area contributed by atoms with Crippen molar-refractivity contribution in [3.8, 4) is 0 Å². The Hall–Kier alpha value is -2.09. The van der Waals surface area contributed by atoms with Crippen LogP contribution < -0.4 is 9.62 Å². The Bertz CT molecular complexity index is 736. The monoisotopic (exact) mass is 326 g/mol. The van der Waals surface area contributed by atoms with E-state index in [2.05, 4.69) is 4.72 Å². The Balaban J connectivity index is 2.35. The molecule has 0 aromatic heterocycles. The molecule has 2 N–H and O–H groups in total. The van der Waals surface area contributed by atoms with Crippen molar-refractivity contribution < 1.29 is 23.1 Å². The lowest BCUT2D eigenvalue weighted by atomic mass is 10.1. The van der Waals surface area contributed by atoms with E-state index < -0.39 is 26.6 Å². The second-order valence-electron chi connectivity index (χ2n) is 5.82. The van der Waals surface area contributed by atoms with Crippen LogP contribution in [0.25, 0.3) is 0 Å². The van der Waals surface area contributed by atoms with Crippen LogP contribution in [0, 0.1) is 0 Å². The first-order valence-corrected chi connectivity index (χ1v) is 8.17. The van der Waals surface area contributed by atoms with Gasteiger partial charge >= 0.3 is 5.97 Å². The van der Waals surface area contributed by atoms with Gasteiger partial charge in [0.15, 0.2) is 0 Å². The average Bonchev–Trinajstić information content (AvgIpc) is 3.17. The predicted molar refractivity (Wildman–Crippen MR) is 81.8 cm³/mol. The number of amides is 1. The van der Waals surface area contributed by atoms with Crippen LogP contribution in [-0.2, 0) is 10.0 Å². The van der Waals surface area contributed by atoms with Crippen molar-refractivity contribution in [2.75, 3.05) is 19.0 Å². The van der Waals surface area contributed by atoms with Gasteiger partial charge in [-0.05, 0) is 38.0 Å². The van der Waals surface area contributed by atoms with E-state index in [9.17, 15) is 18.0 Å². The molecule has 1 aromatic rings. The molecule has 0 aliphatic heterocycles. The number of nitrogens with one attached hydrogen (secondary N) is 1. The highest BCUT2D eigenvalue weighted by atomic mass is 32.2. The number of hydrogen-bond donors (Lipinski definition) is 2. The third-order valence-corrected chi connectivity index (χ3v) is 5.96. The molecule has 1 aliphatic carbocycles. The van der Waals surface area contributed by atoms with E-state index in [4.69, 9.17) is 5.11 Å². The van der Waals surface area contributed by atoms with Crippen molar-refractivity contribution in [3.63, 3.8) is 0 Å². The largest absolute Gasteiger partial charge is 0.478 e. The number of carbonyl (C=O) groups is 2. The number of carbonyl (C=O) groups excluding carboxylic acids is 1. The summed E-state index contributed by atoms with van der Waals surface area (Å²) < 4.78 is 25.4. The first-order valence-electron chi connectivity index (χ1n) is 6.69. The number of sulfonamides is 1. The second kappa shape index (κ2) is 5.28. The van der Waals surface area contributed by atoms with E-state index in [0.29, 0.717) is 18.5 Å². The molecule has 0 spiro atoms. The highest BCUT2D eigenvalue weighted by Gasteiger charge is 2.50. The number of nitrogens with zero attached hydrogens (tertiary/aromatic N) is 1. The molecular weight excluding hydrogens is 308 g/mol. The van der Waals surface area contributed by atoms with Crippen molar-refractivity contribution in [1.82, 2.24) is 4.72 Å². The van der Waals surface area contributed by atoms with Crippen molar-refractivity contribution in [2.45, 2.75) is 24.5 Å². The summed E-state index contributed by atoms with van der Waals surface area (Å²) in [6.07, 6.45) is 1.04. The lowest BCUT2D eigenvalue weighted by Crippen LogP contribution is -2.38.